The molecule has 0 aliphatic carbocycles. The predicted octanol–water partition coefficient (Wildman–Crippen LogP) is 2.12. The highest BCUT2D eigenvalue weighted by molar-refractivity contribution is 5.88. The second-order valence-corrected chi connectivity index (χ2v) is 5.97. The van der Waals surface area contributed by atoms with Gasteiger partial charge in [0, 0.05) is 36.6 Å². The van der Waals surface area contributed by atoms with Crippen LogP contribution in [0.2, 0.25) is 0 Å². The number of nitrogens with zero attached hydrogens (tertiary/aromatic N) is 2. The van der Waals surface area contributed by atoms with E-state index in [1.807, 2.05) is 19.0 Å². The molecule has 24 heavy (non-hydrogen) atoms. The highest BCUT2D eigenvalue weighted by Gasteiger charge is 2.35. The maximum absolute atomic E-state index is 13.2. The number of rotatable bonds is 5. The van der Waals surface area contributed by atoms with E-state index in [0.29, 0.717) is 23.0 Å². The quantitative estimate of drug-likeness (QED) is 0.815. The lowest BCUT2D eigenvalue weighted by molar-refractivity contribution is -0.138. The number of benzene rings is 1. The van der Waals surface area contributed by atoms with Gasteiger partial charge in [-0.3, -0.25) is 0 Å². The molecule has 134 valence electrons. The van der Waals surface area contributed by atoms with Crippen LogP contribution in [0.3, 0.4) is 0 Å². The topological polar surface area (TPSA) is 57.9 Å². The summed E-state index contributed by atoms with van der Waals surface area (Å²) in [5, 5.41) is 19.3. The van der Waals surface area contributed by atoms with Crippen LogP contribution in [0.5, 0.6) is 5.75 Å². The van der Waals surface area contributed by atoms with Gasteiger partial charge in [-0.1, -0.05) is 0 Å². The molecule has 2 N–H and O–H groups in total. The lowest BCUT2D eigenvalue weighted by Gasteiger charge is -2.14. The van der Waals surface area contributed by atoms with Crippen LogP contribution in [0.25, 0.3) is 10.9 Å². The molecule has 2 aromatic rings. The van der Waals surface area contributed by atoms with Gasteiger partial charge >= 0.3 is 6.18 Å². The third-order valence-electron chi connectivity index (χ3n) is 3.92. The monoisotopic (exact) mass is 346 g/mol. The Bertz CT molecular complexity index is 736. The number of aliphatic hydroxyl groups excluding tert-OH is 1. The number of halogens is 3. The van der Waals surface area contributed by atoms with Crippen molar-refractivity contribution in [1.82, 2.24) is 9.47 Å². The highest BCUT2D eigenvalue weighted by atomic mass is 19.4. The second-order valence-electron chi connectivity index (χ2n) is 5.97. The largest absolute Gasteiger partial charge is 0.496 e. The van der Waals surface area contributed by atoms with Gasteiger partial charge in [-0.05, 0) is 31.8 Å². The second kappa shape index (κ2) is 6.62. The molecular formula is C16H21F3N2O3. The molecule has 0 amide bonds. The Hall–Kier alpha value is -1.77. The zero-order valence-electron chi connectivity index (χ0n) is 14.0. The predicted molar refractivity (Wildman–Crippen MR) is 83.8 cm³/mol. The van der Waals surface area contributed by atoms with Gasteiger partial charge in [0.25, 0.3) is 0 Å². The van der Waals surface area contributed by atoms with Gasteiger partial charge in [-0.2, -0.15) is 13.2 Å². The molecule has 0 bridgehead atoms. The summed E-state index contributed by atoms with van der Waals surface area (Å²) in [6, 6.07) is 2.36. The SMILES string of the molecule is COc1cc2c(CC(O)O)c(CN(C)C)n(C)c2cc1C(F)(F)F. The van der Waals surface area contributed by atoms with Crippen molar-refractivity contribution in [3.63, 3.8) is 0 Å². The van der Waals surface area contributed by atoms with Gasteiger partial charge in [0.2, 0.25) is 0 Å². The van der Waals surface area contributed by atoms with Crippen molar-refractivity contribution in [3.8, 4) is 5.75 Å². The van der Waals surface area contributed by atoms with Gasteiger partial charge < -0.3 is 24.4 Å². The molecule has 2 rings (SSSR count). The molecule has 0 atom stereocenters. The number of aromatic nitrogens is 1. The van der Waals surface area contributed by atoms with Gasteiger partial charge in [-0.25, -0.2) is 0 Å². The van der Waals surface area contributed by atoms with E-state index < -0.39 is 18.0 Å². The van der Waals surface area contributed by atoms with E-state index in [1.54, 1.807) is 11.6 Å². The van der Waals surface area contributed by atoms with Crippen molar-refractivity contribution >= 4 is 10.9 Å². The minimum Gasteiger partial charge on any atom is -0.496 e. The number of hydrogen-bond donors (Lipinski definition) is 2. The van der Waals surface area contributed by atoms with Crippen molar-refractivity contribution < 1.29 is 28.1 Å². The average molecular weight is 346 g/mol. The van der Waals surface area contributed by atoms with E-state index in [4.69, 9.17) is 4.74 Å². The fourth-order valence-corrected chi connectivity index (χ4v) is 2.89. The molecule has 1 aromatic heterocycles. The summed E-state index contributed by atoms with van der Waals surface area (Å²) in [6.45, 7) is 0.455. The van der Waals surface area contributed by atoms with Crippen LogP contribution in [-0.2, 0) is 26.2 Å². The fraction of sp³-hybridized carbons (Fsp3) is 0.500. The third kappa shape index (κ3) is 3.50. The van der Waals surface area contributed by atoms with E-state index in [9.17, 15) is 23.4 Å². The zero-order valence-corrected chi connectivity index (χ0v) is 14.0. The number of methoxy groups -OCH3 is 1. The summed E-state index contributed by atoms with van der Waals surface area (Å²) in [6.07, 6.45) is -6.21. The summed E-state index contributed by atoms with van der Waals surface area (Å²) in [5.41, 5.74) is 0.842. The number of aryl methyl sites for hydroxylation is 1. The lowest BCUT2D eigenvalue weighted by atomic mass is 10.0. The maximum Gasteiger partial charge on any atom is 0.420 e. The van der Waals surface area contributed by atoms with Crippen LogP contribution in [0.1, 0.15) is 16.8 Å². The van der Waals surface area contributed by atoms with Gasteiger partial charge in [0.05, 0.1) is 12.7 Å². The molecule has 0 saturated heterocycles. The number of aliphatic hydroxyl groups is 2. The van der Waals surface area contributed by atoms with E-state index in [1.165, 1.54) is 13.2 Å². The Morgan fingerprint density at radius 3 is 2.33 bits per heavy atom. The van der Waals surface area contributed by atoms with Crippen LogP contribution >= 0.6 is 0 Å². The fourth-order valence-electron chi connectivity index (χ4n) is 2.89. The summed E-state index contributed by atoms with van der Waals surface area (Å²) >= 11 is 0. The molecule has 5 nitrogen and oxygen atoms in total. The van der Waals surface area contributed by atoms with Crippen molar-refractivity contribution in [3.05, 3.63) is 29.0 Å². The molecule has 0 fully saturated rings. The first-order valence-electron chi connectivity index (χ1n) is 7.32. The molecule has 0 aliphatic heterocycles. The Labute approximate surface area is 137 Å². The van der Waals surface area contributed by atoms with Gasteiger partial charge in [-0.15, -0.1) is 0 Å². The van der Waals surface area contributed by atoms with Crippen LogP contribution in [0, 0.1) is 0 Å². The summed E-state index contributed by atoms with van der Waals surface area (Å²) in [4.78, 5) is 1.86. The molecule has 8 heteroatoms. The standard InChI is InChI=1S/C16H21F3N2O3/c1-20(2)8-13-10(6-15(22)23)9-5-14(24-4)11(16(17,18)19)7-12(9)21(13)3/h5,7,15,22-23H,6,8H2,1-4H3. The maximum atomic E-state index is 13.2. The number of fused-ring (bicyclic) bond motifs is 1. The molecule has 0 aliphatic rings. The van der Waals surface area contributed by atoms with Crippen molar-refractivity contribution in [2.24, 2.45) is 7.05 Å². The smallest absolute Gasteiger partial charge is 0.420 e. The first-order chi connectivity index (χ1) is 11.1. The zero-order chi connectivity index (χ0) is 18.2. The normalized spacial score (nSPS) is 12.6. The van der Waals surface area contributed by atoms with E-state index >= 15 is 0 Å². The molecule has 1 aromatic carbocycles. The Morgan fingerprint density at radius 2 is 1.88 bits per heavy atom. The lowest BCUT2D eigenvalue weighted by Crippen LogP contribution is -2.17. The van der Waals surface area contributed by atoms with Crippen molar-refractivity contribution in [2.75, 3.05) is 21.2 Å². The molecular weight excluding hydrogens is 325 g/mol. The number of hydrogen-bond acceptors (Lipinski definition) is 4. The van der Waals surface area contributed by atoms with Gasteiger partial charge in [0.15, 0.2) is 6.29 Å². The molecule has 0 radical (unpaired) electrons. The van der Waals surface area contributed by atoms with Crippen LogP contribution in [0.15, 0.2) is 12.1 Å². The Kier molecular flexibility index (Phi) is 5.12. The average Bonchev–Trinajstić information content (AvgIpc) is 2.69. The van der Waals surface area contributed by atoms with E-state index in [-0.39, 0.29) is 12.2 Å². The Morgan fingerprint density at radius 1 is 1.25 bits per heavy atom. The number of ether oxygens (including phenoxy) is 1. The first kappa shape index (κ1) is 18.6. The molecule has 0 spiro atoms. The van der Waals surface area contributed by atoms with Gasteiger partial charge in [0.1, 0.15) is 5.75 Å². The summed E-state index contributed by atoms with van der Waals surface area (Å²) in [7, 11) is 6.51. The number of alkyl halides is 3. The molecule has 0 unspecified atom stereocenters. The molecule has 0 saturated carbocycles. The third-order valence-corrected chi connectivity index (χ3v) is 3.92. The first-order valence-corrected chi connectivity index (χ1v) is 7.32. The van der Waals surface area contributed by atoms with Crippen molar-refractivity contribution in [1.29, 1.82) is 0 Å². The summed E-state index contributed by atoms with van der Waals surface area (Å²) in [5.74, 6) is -0.286. The van der Waals surface area contributed by atoms with E-state index in [0.717, 1.165) is 11.8 Å². The highest BCUT2D eigenvalue weighted by Crippen LogP contribution is 2.40. The molecule has 1 heterocycles. The van der Waals surface area contributed by atoms with E-state index in [2.05, 4.69) is 0 Å². The Balaban J connectivity index is 2.80. The van der Waals surface area contributed by atoms with Crippen LogP contribution < -0.4 is 4.74 Å². The van der Waals surface area contributed by atoms with Crippen LogP contribution in [0.4, 0.5) is 13.2 Å². The van der Waals surface area contributed by atoms with Crippen molar-refractivity contribution in [2.45, 2.75) is 25.4 Å². The summed E-state index contributed by atoms with van der Waals surface area (Å²) < 4.78 is 46.3. The van der Waals surface area contributed by atoms with Crippen LogP contribution in [-0.4, -0.2) is 47.2 Å². The minimum absolute atomic E-state index is 0.0744. The minimum atomic E-state index is -4.54.